The Kier molecular flexibility index (Phi) is 7.39. The zero-order valence-corrected chi connectivity index (χ0v) is 24.0. The fraction of sp³-hybridized carbons (Fsp3) is 0.0294. The maximum atomic E-state index is 6.27. The predicted octanol–water partition coefficient (Wildman–Crippen LogP) is 7.60. The van der Waals surface area contributed by atoms with Crippen molar-refractivity contribution in [2.45, 2.75) is 16.8 Å². The van der Waals surface area contributed by atoms with Crippen LogP contribution in [-0.4, -0.2) is 9.78 Å². The van der Waals surface area contributed by atoms with Crippen molar-refractivity contribution in [3.63, 3.8) is 0 Å². The van der Waals surface area contributed by atoms with Crippen LogP contribution in [0.2, 0.25) is 5.02 Å². The first-order valence-electron chi connectivity index (χ1n) is 12.8. The van der Waals surface area contributed by atoms with E-state index in [2.05, 4.69) is 139 Å². The van der Waals surface area contributed by atoms with Gasteiger partial charge in [-0.25, -0.2) is 4.68 Å². The first-order valence-corrected chi connectivity index (χ1v) is 15.8. The number of halogens is 1. The van der Waals surface area contributed by atoms with Gasteiger partial charge in [-0.1, -0.05) is 96.2 Å². The minimum atomic E-state index is -2.36. The molecule has 0 fully saturated rings. The topological polar surface area (TPSA) is 17.8 Å². The van der Waals surface area contributed by atoms with E-state index in [9.17, 15) is 0 Å². The van der Waals surface area contributed by atoms with Gasteiger partial charge in [0.25, 0.3) is 0 Å². The zero-order chi connectivity index (χ0) is 26.7. The molecule has 1 aromatic heterocycles. The van der Waals surface area contributed by atoms with E-state index in [0.717, 1.165) is 26.3 Å². The van der Waals surface area contributed by atoms with Crippen LogP contribution in [0.25, 0.3) is 5.69 Å². The van der Waals surface area contributed by atoms with Crippen molar-refractivity contribution in [2.24, 2.45) is 0 Å². The number of aryl methyl sites for hydroxylation is 1. The fourth-order valence-corrected chi connectivity index (χ4v) is 11.2. The van der Waals surface area contributed by atoms with E-state index in [1.807, 2.05) is 18.2 Å². The average Bonchev–Trinajstić information content (AvgIpc) is 3.32. The molecule has 6 rings (SSSR count). The number of hydrogen-bond donors (Lipinski definition) is 0. The quantitative estimate of drug-likeness (QED) is 0.187. The molecule has 0 radical (unpaired) electrons. The highest BCUT2D eigenvalue weighted by Gasteiger charge is 2.52. The van der Waals surface area contributed by atoms with Gasteiger partial charge in [-0.15, -0.1) is 0 Å². The predicted molar refractivity (Wildman–Crippen MR) is 169 cm³/mol. The Morgan fingerprint density at radius 3 is 1.49 bits per heavy atom. The van der Waals surface area contributed by atoms with Gasteiger partial charge in [0.1, 0.15) is 33.9 Å². The number of nitrogens with zero attached hydrogens (tertiary/aromatic N) is 2. The number of hydrogen-bond acceptors (Lipinski definition) is 2. The molecule has 0 atom stereocenters. The lowest BCUT2D eigenvalue weighted by molar-refractivity contribution is 0.795. The molecular formula is C34H27ClN2PS+. The van der Waals surface area contributed by atoms with Crippen LogP contribution in [0.1, 0.15) is 5.69 Å². The van der Waals surface area contributed by atoms with E-state index in [1.165, 1.54) is 21.2 Å². The Hall–Kier alpha value is -3.62. The Labute approximate surface area is 239 Å². The molecule has 1 heterocycles. The third kappa shape index (κ3) is 4.83. The summed E-state index contributed by atoms with van der Waals surface area (Å²) in [6.07, 6.45) is 0. The lowest BCUT2D eigenvalue weighted by Crippen LogP contribution is -2.40. The molecule has 5 heteroatoms. The van der Waals surface area contributed by atoms with Gasteiger partial charge in [-0.3, -0.25) is 0 Å². The monoisotopic (exact) mass is 561 g/mol. The molecule has 0 aliphatic carbocycles. The number of benzene rings is 5. The summed E-state index contributed by atoms with van der Waals surface area (Å²) in [5, 5.41) is 12.3. The molecular weight excluding hydrogens is 535 g/mol. The molecule has 0 spiro atoms. The first-order chi connectivity index (χ1) is 19.2. The SMILES string of the molecule is Cc1nn(-c2ccccc2)c(Sc2ccc(Cl)cc2)c1[P+](c1ccccc1)(c1ccccc1)c1ccccc1. The largest absolute Gasteiger partial charge is 0.222 e. The van der Waals surface area contributed by atoms with Crippen LogP contribution in [0.5, 0.6) is 0 Å². The van der Waals surface area contributed by atoms with Crippen LogP contribution in [0.3, 0.4) is 0 Å². The van der Waals surface area contributed by atoms with E-state index >= 15 is 0 Å². The van der Waals surface area contributed by atoms with Crippen molar-refractivity contribution >= 4 is 51.8 Å². The second kappa shape index (κ2) is 11.2. The average molecular weight is 562 g/mol. The maximum absolute atomic E-state index is 6.27. The second-order valence-electron chi connectivity index (χ2n) is 9.22. The molecule has 0 aliphatic heterocycles. The Morgan fingerprint density at radius 1 is 0.590 bits per heavy atom. The molecule has 0 saturated carbocycles. The van der Waals surface area contributed by atoms with Gasteiger partial charge >= 0.3 is 0 Å². The molecule has 190 valence electrons. The molecule has 2 nitrogen and oxygen atoms in total. The van der Waals surface area contributed by atoms with Crippen LogP contribution in [0.15, 0.2) is 156 Å². The van der Waals surface area contributed by atoms with Gasteiger partial charge in [-0.2, -0.15) is 5.10 Å². The summed E-state index contributed by atoms with van der Waals surface area (Å²) in [6.45, 7) is 2.16. The minimum absolute atomic E-state index is 0.729. The van der Waals surface area contributed by atoms with Gasteiger partial charge in [0.05, 0.1) is 5.69 Å². The van der Waals surface area contributed by atoms with Crippen molar-refractivity contribution < 1.29 is 0 Å². The molecule has 0 aliphatic rings. The van der Waals surface area contributed by atoms with E-state index in [1.54, 1.807) is 11.8 Å². The summed E-state index contributed by atoms with van der Waals surface area (Å²) < 4.78 is 2.12. The van der Waals surface area contributed by atoms with Crippen LogP contribution in [0, 0.1) is 6.92 Å². The highest BCUT2D eigenvalue weighted by atomic mass is 35.5. The summed E-state index contributed by atoms with van der Waals surface area (Å²) in [6, 6.07) is 51.4. The van der Waals surface area contributed by atoms with Crippen LogP contribution < -0.4 is 21.2 Å². The lowest BCUT2D eigenvalue weighted by Gasteiger charge is -2.28. The van der Waals surface area contributed by atoms with Crippen molar-refractivity contribution in [3.05, 3.63) is 156 Å². The van der Waals surface area contributed by atoms with Gasteiger partial charge in [0, 0.05) is 9.92 Å². The van der Waals surface area contributed by atoms with E-state index in [-0.39, 0.29) is 0 Å². The lowest BCUT2D eigenvalue weighted by atomic mass is 10.3. The smallest absolute Gasteiger partial charge is 0.165 e. The standard InChI is InChI=1S/C34H27ClN2PS/c1-26-33(34(39-32-24-22-27(35)23-25-32)37(36-26)28-14-6-2-7-15-28)38(29-16-8-3-9-17-29,30-18-10-4-11-19-30)31-20-12-5-13-21-31/h2-25H,1H3/q+1. The van der Waals surface area contributed by atoms with Crippen molar-refractivity contribution in [3.8, 4) is 5.69 Å². The van der Waals surface area contributed by atoms with Crippen LogP contribution in [-0.2, 0) is 0 Å². The summed E-state index contributed by atoms with van der Waals surface area (Å²) in [4.78, 5) is 1.12. The molecule has 5 aromatic carbocycles. The Bertz CT molecular complexity index is 1570. The molecule has 0 bridgehead atoms. The van der Waals surface area contributed by atoms with Gasteiger partial charge in [0.15, 0.2) is 5.30 Å². The normalized spacial score (nSPS) is 11.4. The van der Waals surface area contributed by atoms with E-state index in [0.29, 0.717) is 0 Å². The Morgan fingerprint density at radius 2 is 1.03 bits per heavy atom. The van der Waals surface area contributed by atoms with E-state index < -0.39 is 7.26 Å². The zero-order valence-electron chi connectivity index (χ0n) is 21.5. The molecule has 0 N–H and O–H groups in total. The molecule has 0 saturated heterocycles. The van der Waals surface area contributed by atoms with Crippen molar-refractivity contribution in [2.75, 3.05) is 0 Å². The van der Waals surface area contributed by atoms with Gasteiger partial charge in [-0.05, 0) is 79.7 Å². The van der Waals surface area contributed by atoms with Gasteiger partial charge < -0.3 is 0 Å². The first kappa shape index (κ1) is 25.6. The number of aromatic nitrogens is 2. The van der Waals surface area contributed by atoms with Crippen LogP contribution in [0.4, 0.5) is 0 Å². The molecule has 6 aromatic rings. The third-order valence-corrected chi connectivity index (χ3v) is 12.7. The summed E-state index contributed by atoms with van der Waals surface area (Å²) in [5.41, 5.74) is 2.07. The summed E-state index contributed by atoms with van der Waals surface area (Å²) in [7, 11) is -2.36. The maximum Gasteiger partial charge on any atom is 0.165 e. The molecule has 0 unspecified atom stereocenters. The third-order valence-electron chi connectivity index (χ3n) is 6.78. The van der Waals surface area contributed by atoms with E-state index in [4.69, 9.17) is 16.7 Å². The summed E-state index contributed by atoms with van der Waals surface area (Å²) in [5.74, 6) is 0. The van der Waals surface area contributed by atoms with Gasteiger partial charge in [0.2, 0.25) is 0 Å². The molecule has 0 amide bonds. The van der Waals surface area contributed by atoms with Crippen molar-refractivity contribution in [1.82, 2.24) is 9.78 Å². The number of rotatable bonds is 7. The Balaban J connectivity index is 1.74. The highest BCUT2D eigenvalue weighted by molar-refractivity contribution is 8.04. The highest BCUT2D eigenvalue weighted by Crippen LogP contribution is 2.57. The molecule has 39 heavy (non-hydrogen) atoms. The fourth-order valence-electron chi connectivity index (χ4n) is 5.12. The number of para-hydroxylation sites is 1. The summed E-state index contributed by atoms with van der Waals surface area (Å²) >= 11 is 8.01. The second-order valence-corrected chi connectivity index (χ2v) is 14.1. The minimum Gasteiger partial charge on any atom is -0.222 e. The van der Waals surface area contributed by atoms with Crippen LogP contribution >= 0.6 is 30.6 Å². The van der Waals surface area contributed by atoms with Crippen molar-refractivity contribution in [1.29, 1.82) is 0 Å².